The van der Waals surface area contributed by atoms with Crippen LogP contribution in [0.3, 0.4) is 0 Å². The predicted molar refractivity (Wildman–Crippen MR) is 101 cm³/mol. The van der Waals surface area contributed by atoms with Gasteiger partial charge in [0.2, 0.25) is 17.7 Å². The summed E-state index contributed by atoms with van der Waals surface area (Å²) in [6.07, 6.45) is 0.118. The minimum atomic E-state index is -0.758. The molecule has 0 saturated heterocycles. The molecule has 7 heteroatoms. The second-order valence-electron chi connectivity index (χ2n) is 5.73. The van der Waals surface area contributed by atoms with Gasteiger partial charge in [0.05, 0.1) is 13.0 Å². The van der Waals surface area contributed by atoms with Gasteiger partial charge >= 0.3 is 0 Å². The van der Waals surface area contributed by atoms with Crippen LogP contribution in [0.2, 0.25) is 5.02 Å². The average Bonchev–Trinajstić information content (AvgIpc) is 2.60. The number of benzene rings is 2. The number of nitrogens with one attached hydrogen (secondary N) is 3. The third kappa shape index (κ3) is 6.57. The molecule has 0 aromatic heterocycles. The fourth-order valence-electron chi connectivity index (χ4n) is 2.24. The molecule has 1 atom stereocenters. The number of amides is 3. The number of carbonyl (C=O) groups is 3. The molecule has 3 amide bonds. The van der Waals surface area contributed by atoms with E-state index in [0.29, 0.717) is 10.7 Å². The molecule has 0 aliphatic heterocycles. The summed E-state index contributed by atoms with van der Waals surface area (Å²) >= 11 is 5.88. The van der Waals surface area contributed by atoms with Crippen molar-refractivity contribution in [2.75, 3.05) is 11.9 Å². The van der Waals surface area contributed by atoms with Crippen LogP contribution in [0.4, 0.5) is 5.69 Å². The van der Waals surface area contributed by atoms with E-state index in [1.165, 1.54) is 0 Å². The van der Waals surface area contributed by atoms with Crippen LogP contribution in [-0.2, 0) is 20.8 Å². The summed E-state index contributed by atoms with van der Waals surface area (Å²) < 4.78 is 0. The van der Waals surface area contributed by atoms with Gasteiger partial charge in [-0.2, -0.15) is 0 Å². The van der Waals surface area contributed by atoms with Crippen molar-refractivity contribution in [1.29, 1.82) is 0 Å². The van der Waals surface area contributed by atoms with Crippen LogP contribution in [0.1, 0.15) is 12.5 Å². The van der Waals surface area contributed by atoms with Gasteiger partial charge in [-0.15, -0.1) is 0 Å². The number of hydrogen-bond acceptors (Lipinski definition) is 3. The lowest BCUT2D eigenvalue weighted by molar-refractivity contribution is -0.129. The molecule has 0 radical (unpaired) electrons. The molecule has 0 aliphatic carbocycles. The van der Waals surface area contributed by atoms with Crippen LogP contribution in [-0.4, -0.2) is 30.3 Å². The number of anilines is 1. The quantitative estimate of drug-likeness (QED) is 0.694. The Labute approximate surface area is 156 Å². The van der Waals surface area contributed by atoms with E-state index >= 15 is 0 Å². The van der Waals surface area contributed by atoms with Crippen molar-refractivity contribution in [3.8, 4) is 0 Å². The summed E-state index contributed by atoms with van der Waals surface area (Å²) in [5, 5.41) is 8.30. The van der Waals surface area contributed by atoms with E-state index in [1.807, 2.05) is 6.07 Å². The number of para-hydroxylation sites is 1. The minimum absolute atomic E-state index is 0.118. The molecule has 0 heterocycles. The maximum atomic E-state index is 12.0. The van der Waals surface area contributed by atoms with E-state index < -0.39 is 11.9 Å². The van der Waals surface area contributed by atoms with E-state index in [2.05, 4.69) is 16.0 Å². The molecule has 3 N–H and O–H groups in total. The van der Waals surface area contributed by atoms with Crippen molar-refractivity contribution in [3.05, 3.63) is 65.2 Å². The van der Waals surface area contributed by atoms with Crippen LogP contribution in [0.15, 0.2) is 54.6 Å². The maximum Gasteiger partial charge on any atom is 0.243 e. The van der Waals surface area contributed by atoms with E-state index in [-0.39, 0.29) is 24.8 Å². The van der Waals surface area contributed by atoms with E-state index in [0.717, 1.165) is 5.56 Å². The molecule has 136 valence electrons. The summed E-state index contributed by atoms with van der Waals surface area (Å²) in [6.45, 7) is 1.38. The second-order valence-corrected chi connectivity index (χ2v) is 6.16. The highest BCUT2D eigenvalue weighted by atomic mass is 35.5. The van der Waals surface area contributed by atoms with Crippen LogP contribution in [0, 0.1) is 0 Å². The topological polar surface area (TPSA) is 87.3 Å². The lowest BCUT2D eigenvalue weighted by Crippen LogP contribution is -2.47. The van der Waals surface area contributed by atoms with Crippen molar-refractivity contribution in [3.63, 3.8) is 0 Å². The molecular weight excluding hydrogens is 354 g/mol. The smallest absolute Gasteiger partial charge is 0.243 e. The van der Waals surface area contributed by atoms with Crippen molar-refractivity contribution in [1.82, 2.24) is 10.6 Å². The Morgan fingerprint density at radius 3 is 2.42 bits per heavy atom. The van der Waals surface area contributed by atoms with Crippen molar-refractivity contribution >= 4 is 35.0 Å². The zero-order valence-electron chi connectivity index (χ0n) is 14.3. The van der Waals surface area contributed by atoms with Gasteiger partial charge in [0, 0.05) is 10.7 Å². The zero-order valence-corrected chi connectivity index (χ0v) is 15.0. The normalized spacial score (nSPS) is 11.3. The molecular formula is C19H20ClN3O3. The van der Waals surface area contributed by atoms with Gasteiger partial charge in [0.1, 0.15) is 6.04 Å². The Morgan fingerprint density at radius 1 is 1.00 bits per heavy atom. The van der Waals surface area contributed by atoms with E-state index in [1.54, 1.807) is 55.5 Å². The number of hydrogen-bond donors (Lipinski definition) is 3. The van der Waals surface area contributed by atoms with Gasteiger partial charge in [0.25, 0.3) is 0 Å². The number of rotatable bonds is 7. The highest BCUT2D eigenvalue weighted by Gasteiger charge is 2.16. The largest absolute Gasteiger partial charge is 0.345 e. The summed E-state index contributed by atoms with van der Waals surface area (Å²) in [7, 11) is 0. The zero-order chi connectivity index (χ0) is 18.9. The van der Waals surface area contributed by atoms with Crippen LogP contribution in [0.5, 0.6) is 0 Å². The maximum absolute atomic E-state index is 12.0. The first-order valence-corrected chi connectivity index (χ1v) is 8.48. The fraction of sp³-hybridized carbons (Fsp3) is 0.211. The summed E-state index contributed by atoms with van der Waals surface area (Å²) in [5.74, 6) is -1.08. The Kier molecular flexibility index (Phi) is 7.17. The molecule has 0 bridgehead atoms. The molecule has 0 saturated carbocycles. The Balaban J connectivity index is 1.74. The Hall–Kier alpha value is -2.86. The summed E-state index contributed by atoms with van der Waals surface area (Å²) in [4.78, 5) is 35.8. The highest BCUT2D eigenvalue weighted by molar-refractivity contribution is 6.30. The number of carbonyl (C=O) groups excluding carboxylic acids is 3. The third-order valence-corrected chi connectivity index (χ3v) is 3.74. The molecule has 6 nitrogen and oxygen atoms in total. The molecule has 0 unspecified atom stereocenters. The van der Waals surface area contributed by atoms with Crippen molar-refractivity contribution in [2.24, 2.45) is 0 Å². The molecule has 2 aromatic carbocycles. The Morgan fingerprint density at radius 2 is 1.73 bits per heavy atom. The SMILES string of the molecule is C[C@H](NC(=O)Cc1cccc(Cl)c1)C(=O)NCC(=O)Nc1ccccc1. The van der Waals surface area contributed by atoms with Gasteiger partial charge in [-0.05, 0) is 36.8 Å². The second kappa shape index (κ2) is 9.58. The van der Waals surface area contributed by atoms with E-state index in [4.69, 9.17) is 11.6 Å². The predicted octanol–water partition coefficient (Wildman–Crippen LogP) is 2.14. The fourth-order valence-corrected chi connectivity index (χ4v) is 2.45. The highest BCUT2D eigenvalue weighted by Crippen LogP contribution is 2.11. The van der Waals surface area contributed by atoms with Gasteiger partial charge in [-0.1, -0.05) is 41.9 Å². The molecule has 0 spiro atoms. The molecule has 26 heavy (non-hydrogen) atoms. The van der Waals surface area contributed by atoms with Crippen LogP contribution < -0.4 is 16.0 Å². The van der Waals surface area contributed by atoms with E-state index in [9.17, 15) is 14.4 Å². The lowest BCUT2D eigenvalue weighted by atomic mass is 10.1. The monoisotopic (exact) mass is 373 g/mol. The van der Waals surface area contributed by atoms with Crippen molar-refractivity contribution < 1.29 is 14.4 Å². The summed E-state index contributed by atoms with van der Waals surface area (Å²) in [6, 6.07) is 15.1. The van der Waals surface area contributed by atoms with Gasteiger partial charge in [-0.3, -0.25) is 14.4 Å². The standard InChI is InChI=1S/C19H20ClN3O3/c1-13(22-17(24)11-14-6-5-7-15(20)10-14)19(26)21-12-18(25)23-16-8-3-2-4-9-16/h2-10,13H,11-12H2,1H3,(H,21,26)(H,22,24)(H,23,25)/t13-/m0/s1. The minimum Gasteiger partial charge on any atom is -0.345 e. The van der Waals surface area contributed by atoms with Crippen LogP contribution in [0.25, 0.3) is 0 Å². The lowest BCUT2D eigenvalue weighted by Gasteiger charge is -2.14. The number of halogens is 1. The molecule has 2 rings (SSSR count). The van der Waals surface area contributed by atoms with Crippen LogP contribution >= 0.6 is 11.6 Å². The van der Waals surface area contributed by atoms with Gasteiger partial charge in [-0.25, -0.2) is 0 Å². The first kappa shape index (κ1) is 19.5. The first-order chi connectivity index (χ1) is 12.4. The molecule has 0 fully saturated rings. The molecule has 2 aromatic rings. The van der Waals surface area contributed by atoms with Gasteiger partial charge in [0.15, 0.2) is 0 Å². The average molecular weight is 374 g/mol. The Bertz CT molecular complexity index is 781. The van der Waals surface area contributed by atoms with Gasteiger partial charge < -0.3 is 16.0 Å². The van der Waals surface area contributed by atoms with Crippen molar-refractivity contribution in [2.45, 2.75) is 19.4 Å². The summed E-state index contributed by atoms with van der Waals surface area (Å²) in [5.41, 5.74) is 1.40. The molecule has 0 aliphatic rings. The first-order valence-electron chi connectivity index (χ1n) is 8.10. The third-order valence-electron chi connectivity index (χ3n) is 3.51.